The lowest BCUT2D eigenvalue weighted by atomic mass is 10.2. The molecule has 1 fully saturated rings. The molecule has 0 atom stereocenters. The van der Waals surface area contributed by atoms with Gasteiger partial charge in [0, 0.05) is 50.8 Å². The summed E-state index contributed by atoms with van der Waals surface area (Å²) < 4.78 is 0. The van der Waals surface area contributed by atoms with Gasteiger partial charge in [-0.3, -0.25) is 0 Å². The molecule has 4 N–H and O–H groups in total. The quantitative estimate of drug-likeness (QED) is 0.602. The van der Waals surface area contributed by atoms with Gasteiger partial charge in [0.15, 0.2) is 0 Å². The largest absolute Gasteiger partial charge is 0.395 e. The second-order valence-corrected chi connectivity index (χ2v) is 8.62. The molecule has 0 aromatic carbocycles. The maximum absolute atomic E-state index is 6.32. The van der Waals surface area contributed by atoms with Gasteiger partial charge in [-0.25, -0.2) is 15.0 Å². The third-order valence-electron chi connectivity index (χ3n) is 5.48. The zero-order valence-corrected chi connectivity index (χ0v) is 19.0. The third-order valence-corrected chi connectivity index (χ3v) is 6.44. The van der Waals surface area contributed by atoms with Crippen molar-refractivity contribution in [1.82, 2.24) is 25.2 Å². The fourth-order valence-electron chi connectivity index (χ4n) is 3.45. The summed E-state index contributed by atoms with van der Waals surface area (Å²) in [5.74, 6) is 1.64. The van der Waals surface area contributed by atoms with E-state index in [9.17, 15) is 0 Å². The number of hydrogen-bond donors (Lipinski definition) is 3. The Hall–Kier alpha value is -2.78. The first-order chi connectivity index (χ1) is 15.1. The zero-order chi connectivity index (χ0) is 21.6. The van der Waals surface area contributed by atoms with E-state index in [1.807, 2.05) is 12.3 Å². The summed E-state index contributed by atoms with van der Waals surface area (Å²) in [7, 11) is 2.16. The van der Waals surface area contributed by atoms with Crippen molar-refractivity contribution in [3.8, 4) is 0 Å². The molecule has 0 bridgehead atoms. The zero-order valence-electron chi connectivity index (χ0n) is 18.1. The molecule has 0 spiro atoms. The van der Waals surface area contributed by atoms with Crippen LogP contribution in [0.5, 0.6) is 0 Å². The summed E-state index contributed by atoms with van der Waals surface area (Å²) in [6, 6.07) is 6.11. The molecule has 2 aromatic rings. The molecule has 0 unspecified atom stereocenters. The van der Waals surface area contributed by atoms with Gasteiger partial charge in [0.2, 0.25) is 5.95 Å². The molecule has 1 saturated heterocycles. The first kappa shape index (κ1) is 21.5. The number of rotatable bonds is 7. The van der Waals surface area contributed by atoms with E-state index in [1.165, 1.54) is 11.3 Å². The SMILES string of the molecule is CCC1=CS/C(=C(/N)c2ccnc(NCCc3ccc(N4CCN(C)CC4)nc3)n2)N1. The highest BCUT2D eigenvalue weighted by molar-refractivity contribution is 8.06. The Morgan fingerprint density at radius 3 is 2.74 bits per heavy atom. The van der Waals surface area contributed by atoms with E-state index in [4.69, 9.17) is 5.73 Å². The molecule has 0 radical (unpaired) electrons. The van der Waals surface area contributed by atoms with Gasteiger partial charge in [-0.1, -0.05) is 24.8 Å². The second-order valence-electron chi connectivity index (χ2n) is 7.74. The number of pyridine rings is 1. The molecule has 2 aromatic heterocycles. The predicted octanol–water partition coefficient (Wildman–Crippen LogP) is 2.45. The Morgan fingerprint density at radius 1 is 1.19 bits per heavy atom. The number of allylic oxidation sites excluding steroid dienone is 1. The van der Waals surface area contributed by atoms with Crippen molar-refractivity contribution in [3.05, 3.63) is 58.0 Å². The monoisotopic (exact) mass is 438 g/mol. The van der Waals surface area contributed by atoms with E-state index in [0.717, 1.165) is 62.1 Å². The van der Waals surface area contributed by atoms with Gasteiger partial charge in [0.05, 0.1) is 11.4 Å². The second kappa shape index (κ2) is 10.0. The highest BCUT2D eigenvalue weighted by Gasteiger charge is 2.16. The van der Waals surface area contributed by atoms with Crippen LogP contribution in [0, 0.1) is 0 Å². The Bertz CT molecular complexity index is 948. The summed E-state index contributed by atoms with van der Waals surface area (Å²) >= 11 is 1.60. The number of piperazine rings is 1. The summed E-state index contributed by atoms with van der Waals surface area (Å²) in [5.41, 5.74) is 10.0. The van der Waals surface area contributed by atoms with Crippen LogP contribution >= 0.6 is 11.8 Å². The molecule has 164 valence electrons. The number of likely N-dealkylation sites (N-methyl/N-ethyl adjacent to an activating group) is 1. The van der Waals surface area contributed by atoms with Gasteiger partial charge in [0.1, 0.15) is 10.8 Å². The number of thioether (sulfide) groups is 1. The van der Waals surface area contributed by atoms with E-state index in [-0.39, 0.29) is 0 Å². The van der Waals surface area contributed by atoms with Gasteiger partial charge in [-0.05, 0) is 43.0 Å². The summed E-state index contributed by atoms with van der Waals surface area (Å²) in [4.78, 5) is 18.2. The van der Waals surface area contributed by atoms with E-state index in [2.05, 4.69) is 66.9 Å². The summed E-state index contributed by atoms with van der Waals surface area (Å²) in [6.07, 6.45) is 5.50. The van der Waals surface area contributed by atoms with Gasteiger partial charge >= 0.3 is 0 Å². The molecule has 9 heteroatoms. The molecule has 2 aliphatic heterocycles. The third kappa shape index (κ3) is 5.48. The Balaban J connectivity index is 1.30. The van der Waals surface area contributed by atoms with Crippen molar-refractivity contribution in [2.24, 2.45) is 5.73 Å². The molecule has 4 heterocycles. The first-order valence-corrected chi connectivity index (χ1v) is 11.6. The average molecular weight is 439 g/mol. The molecule has 2 aliphatic rings. The minimum Gasteiger partial charge on any atom is -0.395 e. The minimum absolute atomic E-state index is 0.578. The molecule has 31 heavy (non-hydrogen) atoms. The van der Waals surface area contributed by atoms with Crippen molar-refractivity contribution in [1.29, 1.82) is 0 Å². The summed E-state index contributed by atoms with van der Waals surface area (Å²) in [6.45, 7) is 7.06. The number of aromatic nitrogens is 3. The normalized spacial score (nSPS) is 18.5. The standard InChI is InChI=1S/C22H30N8S/c1-3-17-15-31-21(27-17)20(23)18-7-9-25-22(28-18)24-8-6-16-4-5-19(26-14-16)30-12-10-29(2)11-13-30/h4-5,7,9,14-15,27H,3,6,8,10-13,23H2,1-2H3,(H,24,25,28)/b21-20+. The number of anilines is 2. The van der Waals surface area contributed by atoms with Gasteiger partial charge in [-0.15, -0.1) is 0 Å². The molecular formula is C22H30N8S. The van der Waals surface area contributed by atoms with Crippen LogP contribution < -0.4 is 21.3 Å². The number of nitrogens with two attached hydrogens (primary N) is 1. The molecule has 4 rings (SSSR count). The van der Waals surface area contributed by atoms with Crippen LogP contribution in [0.2, 0.25) is 0 Å². The number of nitrogens with one attached hydrogen (secondary N) is 2. The van der Waals surface area contributed by atoms with Gasteiger partial charge < -0.3 is 26.2 Å². The van der Waals surface area contributed by atoms with Crippen molar-refractivity contribution >= 4 is 29.2 Å². The first-order valence-electron chi connectivity index (χ1n) is 10.7. The van der Waals surface area contributed by atoms with Crippen LogP contribution in [0.15, 0.2) is 46.7 Å². The predicted molar refractivity (Wildman–Crippen MR) is 128 cm³/mol. The lowest BCUT2D eigenvalue weighted by Gasteiger charge is -2.33. The Labute approximate surface area is 188 Å². The molecular weight excluding hydrogens is 408 g/mol. The highest BCUT2D eigenvalue weighted by Crippen LogP contribution is 2.29. The molecule has 0 saturated carbocycles. The Morgan fingerprint density at radius 2 is 2.03 bits per heavy atom. The maximum atomic E-state index is 6.32. The van der Waals surface area contributed by atoms with Crippen LogP contribution in [0.25, 0.3) is 5.70 Å². The van der Waals surface area contributed by atoms with Crippen LogP contribution in [0.4, 0.5) is 11.8 Å². The van der Waals surface area contributed by atoms with Crippen molar-refractivity contribution in [2.45, 2.75) is 19.8 Å². The maximum Gasteiger partial charge on any atom is 0.223 e. The molecule has 8 nitrogen and oxygen atoms in total. The molecule has 0 aliphatic carbocycles. The van der Waals surface area contributed by atoms with E-state index >= 15 is 0 Å². The van der Waals surface area contributed by atoms with Crippen molar-refractivity contribution < 1.29 is 0 Å². The lowest BCUT2D eigenvalue weighted by Crippen LogP contribution is -2.44. The highest BCUT2D eigenvalue weighted by atomic mass is 32.2. The Kier molecular flexibility index (Phi) is 6.93. The molecule has 0 amide bonds. The van der Waals surface area contributed by atoms with Crippen molar-refractivity contribution in [3.63, 3.8) is 0 Å². The fourth-order valence-corrected chi connectivity index (χ4v) is 4.36. The van der Waals surface area contributed by atoms with Crippen LogP contribution in [0.1, 0.15) is 24.6 Å². The lowest BCUT2D eigenvalue weighted by molar-refractivity contribution is 0.312. The minimum atomic E-state index is 0.578. The smallest absolute Gasteiger partial charge is 0.223 e. The van der Waals surface area contributed by atoms with Crippen LogP contribution in [-0.2, 0) is 6.42 Å². The van der Waals surface area contributed by atoms with E-state index < -0.39 is 0 Å². The van der Waals surface area contributed by atoms with E-state index in [0.29, 0.717) is 11.6 Å². The number of nitrogens with zero attached hydrogens (tertiary/aromatic N) is 5. The van der Waals surface area contributed by atoms with Crippen molar-refractivity contribution in [2.75, 3.05) is 50.0 Å². The summed E-state index contributed by atoms with van der Waals surface area (Å²) in [5, 5.41) is 9.65. The van der Waals surface area contributed by atoms with Crippen LogP contribution in [-0.4, -0.2) is 59.6 Å². The van der Waals surface area contributed by atoms with Gasteiger partial charge in [-0.2, -0.15) is 0 Å². The fraction of sp³-hybridized carbons (Fsp3) is 0.409. The number of hydrogen-bond acceptors (Lipinski definition) is 9. The van der Waals surface area contributed by atoms with E-state index in [1.54, 1.807) is 18.0 Å². The van der Waals surface area contributed by atoms with Gasteiger partial charge in [0.25, 0.3) is 0 Å². The average Bonchev–Trinajstić information content (AvgIpc) is 3.29. The topological polar surface area (TPSA) is 95.2 Å². The van der Waals surface area contributed by atoms with Crippen LogP contribution in [0.3, 0.4) is 0 Å².